The van der Waals surface area contributed by atoms with Crippen molar-refractivity contribution in [2.24, 2.45) is 23.5 Å². The molecule has 0 aliphatic carbocycles. The predicted molar refractivity (Wildman–Crippen MR) is 261 cm³/mol. The van der Waals surface area contributed by atoms with Crippen molar-refractivity contribution in [2.45, 2.75) is 91.3 Å². The van der Waals surface area contributed by atoms with Gasteiger partial charge in [0.05, 0.1) is 73.1 Å². The van der Waals surface area contributed by atoms with Crippen LogP contribution in [0.25, 0.3) is 44.3 Å². The molecule has 6 unspecified atom stereocenters. The Balaban J connectivity index is 0.000000442. The number of imidazole rings is 2. The van der Waals surface area contributed by atoms with Crippen molar-refractivity contribution < 1.29 is 38.5 Å². The molecule has 2 amide bonds. The summed E-state index contributed by atoms with van der Waals surface area (Å²) in [7, 11) is 5.47. The number of thiol groups is 1. The molecular formula is C47H67N8O8PS. The molecule has 1 spiro atoms. The number of hydrogen-bond donors (Lipinski definition) is 6. The van der Waals surface area contributed by atoms with Gasteiger partial charge in [-0.25, -0.2) is 14.8 Å². The van der Waals surface area contributed by atoms with Gasteiger partial charge in [0.1, 0.15) is 17.9 Å². The first-order valence-electron chi connectivity index (χ1n) is 22.0. The number of likely N-dealkylation sites (tertiary alicyclic amines) is 2. The number of benzene rings is 3. The molecule has 65 heavy (non-hydrogen) atoms. The van der Waals surface area contributed by atoms with Gasteiger partial charge < -0.3 is 50.0 Å². The number of amides is 2. The predicted octanol–water partition coefficient (Wildman–Crippen LogP) is 7.78. The zero-order valence-corrected chi connectivity index (χ0v) is 41.0. The highest BCUT2D eigenvalue weighted by Crippen LogP contribution is 2.41. The average Bonchev–Trinajstić information content (AvgIpc) is 4.17. The molecule has 0 radical (unpaired) electrons. The van der Waals surface area contributed by atoms with Gasteiger partial charge in [0.25, 0.3) is 6.47 Å². The Bertz CT molecular complexity index is 2320. The van der Waals surface area contributed by atoms with Crippen molar-refractivity contribution in [3.8, 4) is 22.3 Å². The molecule has 3 saturated heterocycles. The van der Waals surface area contributed by atoms with Crippen LogP contribution in [0.1, 0.15) is 85.0 Å². The quantitative estimate of drug-likeness (QED) is 0.0474. The number of carbonyl (C=O) groups is 4. The molecule has 3 aromatic carbocycles. The molecule has 6 atom stereocenters. The number of alkyl carbamates (subject to hydrolysis) is 1. The number of aromatic amines is 2. The highest BCUT2D eigenvalue weighted by atomic mass is 32.7. The molecule has 3 aliphatic rings. The second kappa shape index (κ2) is 24.6. The highest BCUT2D eigenvalue weighted by molar-refractivity contribution is 8.31. The molecule has 0 bridgehead atoms. The molecule has 354 valence electrons. The van der Waals surface area contributed by atoms with Crippen molar-refractivity contribution in [2.75, 3.05) is 40.5 Å². The molecule has 3 fully saturated rings. The summed E-state index contributed by atoms with van der Waals surface area (Å²) < 4.78 is 16.2. The molecule has 8 rings (SSSR count). The SMILES string of the molecule is CC.CC1CC(c2nc3ccc(-c4ccc(-c5ccc6nc(C7CC8(CN7C)OCCO8)[nH]c6c5)cc4)cc3[nH]2)N(C(=O)C(N)C(C)C)C1.COC(=O)NC(C=O)C(C)C.O=CO.PS. The first kappa shape index (κ1) is 52.7. The fourth-order valence-corrected chi connectivity index (χ4v) is 8.18. The van der Waals surface area contributed by atoms with Crippen molar-refractivity contribution >= 4 is 67.5 Å². The second-order valence-corrected chi connectivity index (χ2v) is 16.8. The van der Waals surface area contributed by atoms with Crippen molar-refractivity contribution in [1.82, 2.24) is 35.1 Å². The van der Waals surface area contributed by atoms with Gasteiger partial charge in [0.2, 0.25) is 5.91 Å². The first-order chi connectivity index (χ1) is 31.2. The molecule has 5 heterocycles. The smallest absolute Gasteiger partial charge is 0.407 e. The van der Waals surface area contributed by atoms with E-state index >= 15 is 0 Å². The Labute approximate surface area is 389 Å². The van der Waals surface area contributed by atoms with Gasteiger partial charge in [-0.1, -0.05) is 93.3 Å². The number of nitrogens with two attached hydrogens (primary N) is 1. The van der Waals surface area contributed by atoms with E-state index in [9.17, 15) is 14.4 Å². The van der Waals surface area contributed by atoms with Crippen molar-refractivity contribution in [3.63, 3.8) is 0 Å². The Morgan fingerprint density at radius 3 is 1.82 bits per heavy atom. The van der Waals surface area contributed by atoms with Crippen LogP contribution in [0.2, 0.25) is 0 Å². The van der Waals surface area contributed by atoms with Gasteiger partial charge in [-0.3, -0.25) is 14.5 Å². The largest absolute Gasteiger partial charge is 0.483 e. The molecule has 6 N–H and O–H groups in total. The van der Waals surface area contributed by atoms with Crippen LogP contribution >= 0.6 is 20.7 Å². The monoisotopic (exact) mass is 934 g/mol. The fraction of sp³-hybridized carbons (Fsp3) is 0.489. The zero-order chi connectivity index (χ0) is 48.0. The average molecular weight is 935 g/mol. The molecular weight excluding hydrogens is 868 g/mol. The summed E-state index contributed by atoms with van der Waals surface area (Å²) in [5.41, 5.74) is 14.6. The second-order valence-electron chi connectivity index (χ2n) is 16.8. The number of carboxylic acid groups (broad SMARTS) is 1. The summed E-state index contributed by atoms with van der Waals surface area (Å²) in [6.45, 7) is 16.4. The van der Waals surface area contributed by atoms with Crippen molar-refractivity contribution in [1.29, 1.82) is 0 Å². The van der Waals surface area contributed by atoms with E-state index in [4.69, 9.17) is 35.1 Å². The molecule has 5 aromatic rings. The molecule has 3 aliphatic heterocycles. The number of nitrogens with one attached hydrogen (secondary N) is 3. The van der Waals surface area contributed by atoms with Gasteiger partial charge in [0, 0.05) is 13.0 Å². The third-order valence-electron chi connectivity index (χ3n) is 11.7. The van der Waals surface area contributed by atoms with Gasteiger partial charge >= 0.3 is 6.09 Å². The number of aldehydes is 1. The Kier molecular flexibility index (Phi) is 19.9. The number of likely N-dealkylation sites (N-methyl/N-ethyl adjacent to an activating group) is 1. The van der Waals surface area contributed by atoms with Crippen LogP contribution in [0.3, 0.4) is 0 Å². The van der Waals surface area contributed by atoms with Crippen LogP contribution < -0.4 is 11.1 Å². The number of methoxy groups -OCH3 is 1. The molecule has 2 aromatic heterocycles. The molecule has 16 nitrogen and oxygen atoms in total. The summed E-state index contributed by atoms with van der Waals surface area (Å²) in [4.78, 5) is 63.7. The van der Waals surface area contributed by atoms with Gasteiger partial charge in [0.15, 0.2) is 5.79 Å². The number of ether oxygens (including phenoxy) is 3. The highest BCUT2D eigenvalue weighted by Gasteiger charge is 2.48. The summed E-state index contributed by atoms with van der Waals surface area (Å²) >= 11 is 3.44. The number of H-pyrrole nitrogens is 2. The number of hydrogen-bond acceptors (Lipinski definition) is 12. The van der Waals surface area contributed by atoms with Crippen LogP contribution in [0.5, 0.6) is 0 Å². The Morgan fingerprint density at radius 2 is 1.37 bits per heavy atom. The van der Waals surface area contributed by atoms with E-state index in [-0.39, 0.29) is 36.3 Å². The fourth-order valence-electron chi connectivity index (χ4n) is 8.18. The van der Waals surface area contributed by atoms with Crippen LogP contribution in [0.15, 0.2) is 60.7 Å². The first-order valence-corrected chi connectivity index (χ1v) is 24.0. The van der Waals surface area contributed by atoms with E-state index in [1.165, 1.54) is 7.11 Å². The Hall–Kier alpha value is -4.90. The number of fused-ring (bicyclic) bond motifs is 2. The van der Waals surface area contributed by atoms with E-state index < -0.39 is 24.0 Å². The maximum atomic E-state index is 13.2. The lowest BCUT2D eigenvalue weighted by atomic mass is 10.00. The molecule has 18 heteroatoms. The van der Waals surface area contributed by atoms with Crippen LogP contribution in [-0.2, 0) is 28.6 Å². The van der Waals surface area contributed by atoms with Gasteiger partial charge in [-0.2, -0.15) is 12.2 Å². The van der Waals surface area contributed by atoms with Crippen molar-refractivity contribution in [3.05, 3.63) is 72.3 Å². The van der Waals surface area contributed by atoms with E-state index in [1.807, 2.05) is 46.4 Å². The third-order valence-corrected chi connectivity index (χ3v) is 11.7. The van der Waals surface area contributed by atoms with E-state index in [0.29, 0.717) is 32.0 Å². The number of carbonyl (C=O) groups excluding carboxylic acids is 3. The van der Waals surface area contributed by atoms with Gasteiger partial charge in [-0.05, 0) is 77.7 Å². The minimum Gasteiger partial charge on any atom is -0.483 e. The van der Waals surface area contributed by atoms with E-state index in [0.717, 1.165) is 75.4 Å². The lowest BCUT2D eigenvalue weighted by Gasteiger charge is -2.27. The van der Waals surface area contributed by atoms with E-state index in [1.54, 1.807) is 0 Å². The Morgan fingerprint density at radius 1 is 0.892 bits per heavy atom. The number of rotatable bonds is 9. The van der Waals surface area contributed by atoms with Crippen LogP contribution in [0.4, 0.5) is 4.79 Å². The maximum Gasteiger partial charge on any atom is 0.407 e. The maximum absolute atomic E-state index is 13.2. The topological polar surface area (TPSA) is 218 Å². The molecule has 0 saturated carbocycles. The third kappa shape index (κ3) is 12.9. The van der Waals surface area contributed by atoms with Gasteiger partial charge in [-0.15, -0.1) is 0 Å². The zero-order valence-electron chi connectivity index (χ0n) is 38.9. The van der Waals surface area contributed by atoms with Crippen LogP contribution in [-0.4, -0.2) is 118 Å². The van der Waals surface area contributed by atoms with Crippen LogP contribution in [0, 0.1) is 17.8 Å². The normalized spacial score (nSPS) is 19.5. The number of aromatic nitrogens is 4. The summed E-state index contributed by atoms with van der Waals surface area (Å²) in [6.07, 6.45) is 1.77. The summed E-state index contributed by atoms with van der Waals surface area (Å²) in [5.74, 6) is 1.85. The lowest BCUT2D eigenvalue weighted by molar-refractivity contribution is -0.145. The summed E-state index contributed by atoms with van der Waals surface area (Å²) in [5, 5.41) is 9.28. The van der Waals surface area contributed by atoms with E-state index in [2.05, 4.69) is 120 Å². The standard InChI is InChI=1S/C37H43N7O3.C7H13NO3.C2H6.CH2O2.H3PS/c1-21(2)33(38)36(45)44-19-22(3)15-31(44)34-39-27-11-9-25(16-29(27)41-34)23-5-7-24(8-6-23)26-10-12-28-30(17-26)42-35(40-28)32-18-37(20-43(32)4)46-13-14-47-37;1-5(2)6(4-9)8-7(10)11-3;1-2;2-1-3;1-2/h5-12,16-17,21-22,31-33H,13-15,18-20,38H2,1-4H3,(H,39,41)(H,40,42);4-6H,1-3H3,(H,8,10);1-2H3;1H,(H,2,3);2H,1H2. The lowest BCUT2D eigenvalue weighted by Crippen LogP contribution is -2.46. The minimum absolute atomic E-state index is 0.00607. The number of nitrogens with zero attached hydrogens (tertiary/aromatic N) is 4. The minimum atomic E-state index is -0.573. The summed E-state index contributed by atoms with van der Waals surface area (Å²) in [6, 6.07) is 20.5.